The van der Waals surface area contributed by atoms with Crippen molar-refractivity contribution in [2.45, 2.75) is 60.4 Å². The smallest absolute Gasteiger partial charge is 0.0694 e. The van der Waals surface area contributed by atoms with Gasteiger partial charge in [-0.3, -0.25) is 0 Å². The fourth-order valence-corrected chi connectivity index (χ4v) is 6.47. The lowest BCUT2D eigenvalue weighted by Crippen LogP contribution is -2.23. The van der Waals surface area contributed by atoms with Crippen molar-refractivity contribution in [1.82, 2.24) is 0 Å². The van der Waals surface area contributed by atoms with Gasteiger partial charge in [-0.2, -0.15) is 0 Å². The van der Waals surface area contributed by atoms with Crippen LogP contribution in [-0.2, 0) is 0 Å². The minimum absolute atomic E-state index is 0.0930. The molecule has 1 atom stereocenters. The van der Waals surface area contributed by atoms with Crippen LogP contribution in [0.25, 0.3) is 0 Å². The number of rotatable bonds is 3. The Hall–Kier alpha value is -0.866. The van der Waals surface area contributed by atoms with Crippen molar-refractivity contribution < 1.29 is 0 Å². The maximum atomic E-state index is 2.60. The Kier molecular flexibility index (Phi) is 4.49. The highest BCUT2D eigenvalue weighted by molar-refractivity contribution is 6.81. The van der Waals surface area contributed by atoms with Crippen LogP contribution in [0.5, 0.6) is 0 Å². The first-order chi connectivity index (χ1) is 9.97. The van der Waals surface area contributed by atoms with Crippen molar-refractivity contribution in [2.75, 3.05) is 0 Å². The van der Waals surface area contributed by atoms with E-state index >= 15 is 0 Å². The maximum Gasteiger partial charge on any atom is 0.0694 e. The molecule has 0 amide bonds. The molecule has 1 unspecified atom stereocenters. The molecule has 2 heteroatoms. The summed E-state index contributed by atoms with van der Waals surface area (Å²) in [5.74, 6) is 0. The van der Waals surface area contributed by atoms with Gasteiger partial charge >= 0.3 is 0 Å². The summed E-state index contributed by atoms with van der Waals surface area (Å²) in [5.41, 5.74) is 10.3. The zero-order valence-corrected chi connectivity index (χ0v) is 18.0. The molecular formula is C20H32Si2. The second-order valence-corrected chi connectivity index (χ2v) is 16.5. The fourth-order valence-electron chi connectivity index (χ4n) is 3.77. The molecule has 2 aliphatic rings. The third-order valence-electron chi connectivity index (χ3n) is 5.19. The van der Waals surface area contributed by atoms with Gasteiger partial charge in [-0.1, -0.05) is 73.0 Å². The van der Waals surface area contributed by atoms with E-state index in [1.165, 1.54) is 22.3 Å². The monoisotopic (exact) mass is 328 g/mol. The Morgan fingerprint density at radius 3 is 2.05 bits per heavy atom. The quantitative estimate of drug-likeness (QED) is 0.559. The van der Waals surface area contributed by atoms with Crippen LogP contribution in [0.15, 0.2) is 57.0 Å². The Bertz CT molecular complexity index is 646. The SMILES string of the molecule is CC1=CC(C)(C2=C([SiH](C)C)C=CC2=C[Si](C)(C)C)C(C)=C1C. The summed E-state index contributed by atoms with van der Waals surface area (Å²) in [4.78, 5) is 0. The van der Waals surface area contributed by atoms with Gasteiger partial charge in [0.2, 0.25) is 0 Å². The van der Waals surface area contributed by atoms with E-state index in [0.29, 0.717) is 0 Å². The van der Waals surface area contributed by atoms with Crippen molar-refractivity contribution in [1.29, 1.82) is 0 Å². The van der Waals surface area contributed by atoms with Crippen molar-refractivity contribution in [2.24, 2.45) is 5.41 Å². The van der Waals surface area contributed by atoms with Crippen LogP contribution in [0.1, 0.15) is 27.7 Å². The number of hydrogen-bond acceptors (Lipinski definition) is 0. The van der Waals surface area contributed by atoms with Crippen LogP contribution in [-0.4, -0.2) is 16.9 Å². The summed E-state index contributed by atoms with van der Waals surface area (Å²) >= 11 is 0. The fraction of sp³-hybridized carbons (Fsp3) is 0.500. The normalized spacial score (nSPS) is 27.7. The molecule has 0 aromatic rings. The maximum absolute atomic E-state index is 2.60. The highest BCUT2D eigenvalue weighted by atomic mass is 28.3. The van der Waals surface area contributed by atoms with Gasteiger partial charge < -0.3 is 0 Å². The van der Waals surface area contributed by atoms with E-state index in [4.69, 9.17) is 0 Å². The van der Waals surface area contributed by atoms with Crippen LogP contribution >= 0.6 is 0 Å². The first kappa shape index (κ1) is 17.5. The molecule has 22 heavy (non-hydrogen) atoms. The third kappa shape index (κ3) is 2.96. The summed E-state index contributed by atoms with van der Waals surface area (Å²) < 4.78 is 0. The van der Waals surface area contributed by atoms with Crippen molar-refractivity contribution >= 4 is 16.9 Å². The van der Waals surface area contributed by atoms with Gasteiger partial charge in [0.15, 0.2) is 0 Å². The second-order valence-electron chi connectivity index (χ2n) is 8.56. The van der Waals surface area contributed by atoms with E-state index in [1.54, 1.807) is 10.8 Å². The Labute approximate surface area is 140 Å². The third-order valence-corrected chi connectivity index (χ3v) is 8.09. The summed E-state index contributed by atoms with van der Waals surface area (Å²) in [5, 5.41) is 1.66. The lowest BCUT2D eigenvalue weighted by molar-refractivity contribution is 0.633. The molecule has 0 spiro atoms. The molecule has 0 bridgehead atoms. The van der Waals surface area contributed by atoms with Crippen LogP contribution < -0.4 is 0 Å². The zero-order valence-electron chi connectivity index (χ0n) is 15.9. The topological polar surface area (TPSA) is 0 Å². The van der Waals surface area contributed by atoms with Crippen LogP contribution in [0.4, 0.5) is 0 Å². The second kappa shape index (κ2) is 5.65. The van der Waals surface area contributed by atoms with Gasteiger partial charge in [0.05, 0.1) is 16.9 Å². The van der Waals surface area contributed by atoms with Crippen LogP contribution in [0.3, 0.4) is 0 Å². The summed E-state index contributed by atoms with van der Waals surface area (Å²) in [7, 11) is -2.08. The predicted octanol–water partition coefficient (Wildman–Crippen LogP) is 5.99. The van der Waals surface area contributed by atoms with E-state index in [1.807, 2.05) is 0 Å². The molecule has 0 saturated carbocycles. The largest absolute Gasteiger partial charge is 0.0876 e. The van der Waals surface area contributed by atoms with Crippen LogP contribution in [0.2, 0.25) is 32.7 Å². The summed E-state index contributed by atoms with van der Waals surface area (Å²) in [6, 6.07) is 0. The molecule has 0 aromatic carbocycles. The lowest BCUT2D eigenvalue weighted by atomic mass is 9.75. The number of allylic oxidation sites excluding steroid dienone is 9. The molecule has 0 heterocycles. The van der Waals surface area contributed by atoms with E-state index in [0.717, 1.165) is 0 Å². The van der Waals surface area contributed by atoms with Gasteiger partial charge in [0, 0.05) is 5.41 Å². The van der Waals surface area contributed by atoms with E-state index in [2.05, 4.69) is 84.4 Å². The Morgan fingerprint density at radius 2 is 1.64 bits per heavy atom. The van der Waals surface area contributed by atoms with Gasteiger partial charge in [-0.05, 0) is 44.4 Å². The molecule has 0 nitrogen and oxygen atoms in total. The molecule has 120 valence electrons. The van der Waals surface area contributed by atoms with Gasteiger partial charge in [-0.15, -0.1) is 0 Å². The minimum atomic E-state index is -1.24. The van der Waals surface area contributed by atoms with Gasteiger partial charge in [-0.25, -0.2) is 0 Å². The summed E-state index contributed by atoms with van der Waals surface area (Å²) in [6.07, 6.45) is 7.33. The Morgan fingerprint density at radius 1 is 1.05 bits per heavy atom. The molecule has 2 rings (SSSR count). The average Bonchev–Trinajstić information content (AvgIpc) is 2.85. The van der Waals surface area contributed by atoms with E-state index in [-0.39, 0.29) is 5.41 Å². The molecule has 0 radical (unpaired) electrons. The van der Waals surface area contributed by atoms with Gasteiger partial charge in [0.25, 0.3) is 0 Å². The summed E-state index contributed by atoms with van der Waals surface area (Å²) in [6.45, 7) is 21.5. The van der Waals surface area contributed by atoms with Crippen molar-refractivity contribution in [3.63, 3.8) is 0 Å². The molecule has 0 fully saturated rings. The van der Waals surface area contributed by atoms with Crippen LogP contribution in [0, 0.1) is 5.41 Å². The highest BCUT2D eigenvalue weighted by Gasteiger charge is 2.39. The molecule has 2 aliphatic carbocycles. The molecule has 0 saturated heterocycles. The molecule has 0 N–H and O–H groups in total. The predicted molar refractivity (Wildman–Crippen MR) is 107 cm³/mol. The van der Waals surface area contributed by atoms with Crippen molar-refractivity contribution in [3.05, 3.63) is 57.0 Å². The first-order valence-corrected chi connectivity index (χ1v) is 15.0. The van der Waals surface area contributed by atoms with Crippen molar-refractivity contribution in [3.8, 4) is 0 Å². The average molecular weight is 329 g/mol. The lowest BCUT2D eigenvalue weighted by Gasteiger charge is -2.31. The van der Waals surface area contributed by atoms with E-state index in [9.17, 15) is 0 Å². The molecular weight excluding hydrogens is 296 g/mol. The first-order valence-electron chi connectivity index (χ1n) is 8.51. The van der Waals surface area contributed by atoms with Gasteiger partial charge in [0.1, 0.15) is 0 Å². The standard InChI is InChI=1S/C20H32Si2/c1-14-12-20(4,16(3)15(14)2)19-17(13-22(7,8)9)10-11-18(19)21(5)6/h10-13,21H,1-9H3. The number of hydrogen-bond donors (Lipinski definition) is 0. The Balaban J connectivity index is 2.69. The van der Waals surface area contributed by atoms with E-state index < -0.39 is 16.9 Å². The molecule has 0 aliphatic heterocycles. The minimum Gasteiger partial charge on any atom is -0.0876 e. The zero-order chi connectivity index (χ0) is 16.9. The highest BCUT2D eigenvalue weighted by Crippen LogP contribution is 2.51. The molecule has 0 aromatic heterocycles.